The second-order valence-corrected chi connectivity index (χ2v) is 6.73. The van der Waals surface area contributed by atoms with Gasteiger partial charge in [0, 0.05) is 6.54 Å². The molecule has 5 unspecified atom stereocenters. The highest BCUT2D eigenvalue weighted by molar-refractivity contribution is 5.82. The monoisotopic (exact) mass is 250 g/mol. The molecule has 0 aromatic rings. The first-order valence-electron chi connectivity index (χ1n) is 7.75. The van der Waals surface area contributed by atoms with Crippen molar-refractivity contribution in [3.8, 4) is 0 Å². The lowest BCUT2D eigenvalue weighted by Gasteiger charge is -2.30. The minimum atomic E-state index is 0.0531. The number of carbonyl (C=O) groups excluding carboxylic acids is 1. The van der Waals surface area contributed by atoms with Gasteiger partial charge < -0.3 is 10.6 Å². The van der Waals surface area contributed by atoms with Crippen LogP contribution in [-0.2, 0) is 4.79 Å². The highest BCUT2D eigenvalue weighted by atomic mass is 16.2. The average Bonchev–Trinajstić information content (AvgIpc) is 2.98. The smallest absolute Gasteiger partial charge is 0.237 e. The van der Waals surface area contributed by atoms with Crippen LogP contribution in [0.1, 0.15) is 45.4 Å². The van der Waals surface area contributed by atoms with Crippen LogP contribution >= 0.6 is 0 Å². The fourth-order valence-electron chi connectivity index (χ4n) is 4.37. The molecular weight excluding hydrogens is 224 g/mol. The van der Waals surface area contributed by atoms with Crippen LogP contribution in [0.25, 0.3) is 0 Å². The molecule has 1 heterocycles. The summed E-state index contributed by atoms with van der Waals surface area (Å²) < 4.78 is 0. The first-order valence-corrected chi connectivity index (χ1v) is 7.75. The summed E-state index contributed by atoms with van der Waals surface area (Å²) in [5.41, 5.74) is 0. The number of hydrogen-bond acceptors (Lipinski definition) is 2. The fraction of sp³-hybridized carbons (Fsp3) is 0.933. The third kappa shape index (κ3) is 2.42. The molecular formula is C15H26N2O. The van der Waals surface area contributed by atoms with E-state index in [0.717, 1.165) is 30.8 Å². The van der Waals surface area contributed by atoms with E-state index >= 15 is 0 Å². The molecule has 2 saturated carbocycles. The molecule has 0 radical (unpaired) electrons. The van der Waals surface area contributed by atoms with E-state index in [2.05, 4.69) is 17.6 Å². The van der Waals surface area contributed by atoms with Crippen LogP contribution in [0.4, 0.5) is 0 Å². The first kappa shape index (κ1) is 12.5. The van der Waals surface area contributed by atoms with Crippen molar-refractivity contribution in [1.29, 1.82) is 0 Å². The van der Waals surface area contributed by atoms with Gasteiger partial charge in [-0.05, 0) is 62.3 Å². The van der Waals surface area contributed by atoms with Gasteiger partial charge in [-0.2, -0.15) is 0 Å². The SMILES string of the molecule is CC1CCCNC1C(=O)NCC1CC2CCC1C2. The van der Waals surface area contributed by atoms with Gasteiger partial charge in [-0.3, -0.25) is 4.79 Å². The number of nitrogens with one attached hydrogen (secondary N) is 2. The van der Waals surface area contributed by atoms with Gasteiger partial charge in [-0.25, -0.2) is 0 Å². The van der Waals surface area contributed by atoms with Crippen molar-refractivity contribution in [3.05, 3.63) is 0 Å². The molecule has 1 amide bonds. The summed E-state index contributed by atoms with van der Waals surface area (Å²) in [6.45, 7) is 4.11. The zero-order chi connectivity index (χ0) is 12.5. The average molecular weight is 250 g/mol. The number of rotatable bonds is 3. The maximum Gasteiger partial charge on any atom is 0.237 e. The highest BCUT2D eigenvalue weighted by Gasteiger charge is 2.39. The number of piperidine rings is 1. The predicted molar refractivity (Wildman–Crippen MR) is 72.1 cm³/mol. The standard InChI is InChI=1S/C15H26N2O/c1-10-3-2-6-16-14(10)15(18)17-9-13-8-11-4-5-12(13)7-11/h10-14,16H,2-9H2,1H3,(H,17,18). The molecule has 1 aliphatic heterocycles. The Morgan fingerprint density at radius 1 is 1.28 bits per heavy atom. The number of fused-ring (bicyclic) bond motifs is 2. The molecule has 3 rings (SSSR count). The summed E-state index contributed by atoms with van der Waals surface area (Å²) in [4.78, 5) is 12.2. The lowest BCUT2D eigenvalue weighted by Crippen LogP contribution is -2.51. The molecule has 5 atom stereocenters. The van der Waals surface area contributed by atoms with Crippen LogP contribution < -0.4 is 10.6 Å². The van der Waals surface area contributed by atoms with Crippen molar-refractivity contribution < 1.29 is 4.79 Å². The first-order chi connectivity index (χ1) is 8.74. The molecule has 3 aliphatic rings. The number of carbonyl (C=O) groups is 1. The largest absolute Gasteiger partial charge is 0.354 e. The van der Waals surface area contributed by atoms with Gasteiger partial charge in [0.25, 0.3) is 0 Å². The van der Waals surface area contributed by atoms with Gasteiger partial charge in [0.2, 0.25) is 5.91 Å². The lowest BCUT2D eigenvalue weighted by atomic mass is 9.88. The van der Waals surface area contributed by atoms with Crippen molar-refractivity contribution in [2.45, 2.75) is 51.5 Å². The Kier molecular flexibility index (Phi) is 3.60. The second kappa shape index (κ2) is 5.20. The molecule has 3 fully saturated rings. The zero-order valence-corrected chi connectivity index (χ0v) is 11.5. The maximum absolute atomic E-state index is 12.2. The maximum atomic E-state index is 12.2. The molecule has 1 saturated heterocycles. The van der Waals surface area contributed by atoms with E-state index in [1.165, 1.54) is 38.5 Å². The molecule has 0 aromatic heterocycles. The molecule has 0 aromatic carbocycles. The molecule has 102 valence electrons. The molecule has 0 spiro atoms. The van der Waals surface area contributed by atoms with E-state index in [1.807, 2.05) is 0 Å². The Balaban J connectivity index is 1.46. The number of hydrogen-bond donors (Lipinski definition) is 2. The zero-order valence-electron chi connectivity index (χ0n) is 11.5. The molecule has 2 bridgehead atoms. The third-order valence-electron chi connectivity index (χ3n) is 5.48. The fourth-order valence-corrected chi connectivity index (χ4v) is 4.37. The molecule has 2 N–H and O–H groups in total. The van der Waals surface area contributed by atoms with E-state index in [9.17, 15) is 4.79 Å². The van der Waals surface area contributed by atoms with Crippen LogP contribution in [0.2, 0.25) is 0 Å². The number of amides is 1. The van der Waals surface area contributed by atoms with E-state index in [4.69, 9.17) is 0 Å². The van der Waals surface area contributed by atoms with Crippen molar-refractivity contribution in [3.63, 3.8) is 0 Å². The highest BCUT2D eigenvalue weighted by Crippen LogP contribution is 2.47. The summed E-state index contributed by atoms with van der Waals surface area (Å²) in [6.07, 6.45) is 8.02. The summed E-state index contributed by atoms with van der Waals surface area (Å²) in [6, 6.07) is 0.0531. The topological polar surface area (TPSA) is 41.1 Å². The van der Waals surface area contributed by atoms with Crippen LogP contribution in [0.5, 0.6) is 0 Å². The minimum Gasteiger partial charge on any atom is -0.354 e. The van der Waals surface area contributed by atoms with Crippen molar-refractivity contribution in [2.75, 3.05) is 13.1 Å². The second-order valence-electron chi connectivity index (χ2n) is 6.73. The summed E-state index contributed by atoms with van der Waals surface area (Å²) in [5, 5.41) is 6.57. The molecule has 3 nitrogen and oxygen atoms in total. The van der Waals surface area contributed by atoms with Crippen LogP contribution in [0, 0.1) is 23.7 Å². The Labute approximate surface area is 110 Å². The van der Waals surface area contributed by atoms with Gasteiger partial charge >= 0.3 is 0 Å². The van der Waals surface area contributed by atoms with E-state index in [1.54, 1.807) is 0 Å². The molecule has 2 aliphatic carbocycles. The van der Waals surface area contributed by atoms with E-state index in [-0.39, 0.29) is 11.9 Å². The Hall–Kier alpha value is -0.570. The third-order valence-corrected chi connectivity index (χ3v) is 5.48. The van der Waals surface area contributed by atoms with E-state index < -0.39 is 0 Å². The van der Waals surface area contributed by atoms with Crippen molar-refractivity contribution >= 4 is 5.91 Å². The van der Waals surface area contributed by atoms with Gasteiger partial charge in [-0.15, -0.1) is 0 Å². The quantitative estimate of drug-likeness (QED) is 0.803. The summed E-state index contributed by atoms with van der Waals surface area (Å²) in [5.74, 6) is 3.38. The minimum absolute atomic E-state index is 0.0531. The molecule has 3 heteroatoms. The van der Waals surface area contributed by atoms with Crippen LogP contribution in [-0.4, -0.2) is 25.0 Å². The summed E-state index contributed by atoms with van der Waals surface area (Å²) >= 11 is 0. The van der Waals surface area contributed by atoms with Crippen molar-refractivity contribution in [1.82, 2.24) is 10.6 Å². The Bertz CT molecular complexity index is 318. The van der Waals surface area contributed by atoms with Crippen molar-refractivity contribution in [2.24, 2.45) is 23.7 Å². The predicted octanol–water partition coefficient (Wildman–Crippen LogP) is 1.93. The van der Waals surface area contributed by atoms with Gasteiger partial charge in [-0.1, -0.05) is 13.3 Å². The normalized spacial score (nSPS) is 43.1. The Morgan fingerprint density at radius 3 is 2.83 bits per heavy atom. The van der Waals surface area contributed by atoms with Crippen LogP contribution in [0.15, 0.2) is 0 Å². The summed E-state index contributed by atoms with van der Waals surface area (Å²) in [7, 11) is 0. The molecule has 18 heavy (non-hydrogen) atoms. The van der Waals surface area contributed by atoms with E-state index in [0.29, 0.717) is 5.92 Å². The lowest BCUT2D eigenvalue weighted by molar-refractivity contribution is -0.125. The van der Waals surface area contributed by atoms with Gasteiger partial charge in [0.05, 0.1) is 6.04 Å². The van der Waals surface area contributed by atoms with Gasteiger partial charge in [0.15, 0.2) is 0 Å². The Morgan fingerprint density at radius 2 is 2.17 bits per heavy atom. The van der Waals surface area contributed by atoms with Crippen LogP contribution in [0.3, 0.4) is 0 Å². The van der Waals surface area contributed by atoms with Gasteiger partial charge in [0.1, 0.15) is 0 Å².